The molecule has 0 amide bonds. The second-order valence-electron chi connectivity index (χ2n) is 2.76. The third kappa shape index (κ3) is 1.54. The molecule has 0 radical (unpaired) electrons. The molecule has 1 nitrogen and oxygen atoms in total. The van der Waals surface area contributed by atoms with E-state index in [0.717, 1.165) is 5.57 Å². The number of nitrogens with zero attached hydrogens (tertiary/aromatic N) is 1. The zero-order chi connectivity index (χ0) is 8.43. The van der Waals surface area contributed by atoms with E-state index in [4.69, 9.17) is 16.9 Å². The summed E-state index contributed by atoms with van der Waals surface area (Å²) in [6.45, 7) is 3.68. The van der Waals surface area contributed by atoms with Crippen molar-refractivity contribution in [2.45, 2.75) is 24.4 Å². The van der Waals surface area contributed by atoms with Crippen LogP contribution in [0.25, 0.3) is 0 Å². The number of halogens is 2. The zero-order valence-electron chi connectivity index (χ0n) is 6.06. The Morgan fingerprint density at radius 1 is 1.73 bits per heavy atom. The van der Waals surface area contributed by atoms with Gasteiger partial charge in [-0.3, -0.25) is 0 Å². The van der Waals surface area contributed by atoms with E-state index in [-0.39, 0.29) is 0 Å². The summed E-state index contributed by atoms with van der Waals surface area (Å²) in [5.41, 5.74) is 0.765. The van der Waals surface area contributed by atoms with Crippen LogP contribution >= 0.6 is 11.6 Å². The summed E-state index contributed by atoms with van der Waals surface area (Å²) in [6, 6.07) is 1.96. The predicted molar refractivity (Wildman–Crippen MR) is 42.0 cm³/mol. The van der Waals surface area contributed by atoms with E-state index in [1.165, 1.54) is 0 Å². The molecule has 1 aliphatic rings. The van der Waals surface area contributed by atoms with Crippen molar-refractivity contribution in [1.29, 1.82) is 5.26 Å². The van der Waals surface area contributed by atoms with Crippen molar-refractivity contribution in [3.63, 3.8) is 0 Å². The Labute approximate surface area is 70.5 Å². The summed E-state index contributed by atoms with van der Waals surface area (Å²) in [7, 11) is 0. The molecule has 11 heavy (non-hydrogen) atoms. The van der Waals surface area contributed by atoms with Gasteiger partial charge in [0.15, 0.2) is 0 Å². The Morgan fingerprint density at radius 3 is 2.82 bits per heavy atom. The average Bonchev–Trinajstić information content (AvgIpc) is 1.99. The van der Waals surface area contributed by atoms with Crippen molar-refractivity contribution >= 4 is 11.6 Å². The van der Waals surface area contributed by atoms with Gasteiger partial charge in [-0.15, -0.1) is 11.6 Å². The fourth-order valence-electron chi connectivity index (χ4n) is 1.23. The Hall–Kier alpha value is -0.550. The minimum Gasteiger partial charge on any atom is -0.246 e. The first-order valence-electron chi connectivity index (χ1n) is 3.52. The number of allylic oxidation sites excluding steroid dienone is 1. The standard InChI is InChI=1S/C8H9ClFN/c1-5-2-3-7(10)8(9)6(5)4-11/h6-8H,1-3H2. The van der Waals surface area contributed by atoms with Gasteiger partial charge in [0, 0.05) is 0 Å². The van der Waals surface area contributed by atoms with Crippen molar-refractivity contribution in [3.05, 3.63) is 12.2 Å². The first-order chi connectivity index (χ1) is 5.16. The van der Waals surface area contributed by atoms with E-state index in [9.17, 15) is 4.39 Å². The first kappa shape index (κ1) is 8.55. The van der Waals surface area contributed by atoms with Gasteiger partial charge in [0.1, 0.15) is 6.17 Å². The van der Waals surface area contributed by atoms with Crippen molar-refractivity contribution in [2.24, 2.45) is 5.92 Å². The van der Waals surface area contributed by atoms with E-state index in [1.807, 2.05) is 6.07 Å². The monoisotopic (exact) mass is 173 g/mol. The number of nitriles is 1. The fourth-order valence-corrected chi connectivity index (χ4v) is 1.59. The van der Waals surface area contributed by atoms with Gasteiger partial charge in [0.25, 0.3) is 0 Å². The summed E-state index contributed by atoms with van der Waals surface area (Å²) in [5.74, 6) is -0.500. The van der Waals surface area contributed by atoms with Gasteiger partial charge in [0.2, 0.25) is 0 Å². The van der Waals surface area contributed by atoms with Crippen LogP contribution in [0, 0.1) is 17.2 Å². The summed E-state index contributed by atoms with van der Waals surface area (Å²) in [5, 5.41) is 7.89. The summed E-state index contributed by atoms with van der Waals surface area (Å²) in [6.07, 6.45) is -0.0554. The number of hydrogen-bond acceptors (Lipinski definition) is 1. The zero-order valence-corrected chi connectivity index (χ0v) is 6.81. The molecule has 1 aliphatic carbocycles. The molecule has 0 aromatic rings. The van der Waals surface area contributed by atoms with Gasteiger partial charge >= 0.3 is 0 Å². The molecule has 1 rings (SSSR count). The van der Waals surface area contributed by atoms with E-state index in [2.05, 4.69) is 6.58 Å². The van der Waals surface area contributed by atoms with Gasteiger partial charge < -0.3 is 0 Å². The lowest BCUT2D eigenvalue weighted by Crippen LogP contribution is -2.30. The fraction of sp³-hybridized carbons (Fsp3) is 0.625. The molecular formula is C8H9ClFN. The molecule has 0 spiro atoms. The Bertz CT molecular complexity index is 209. The van der Waals surface area contributed by atoms with E-state index >= 15 is 0 Å². The van der Waals surface area contributed by atoms with Crippen molar-refractivity contribution in [2.75, 3.05) is 0 Å². The highest BCUT2D eigenvalue weighted by Crippen LogP contribution is 2.33. The lowest BCUT2D eigenvalue weighted by Gasteiger charge is -2.26. The highest BCUT2D eigenvalue weighted by Gasteiger charge is 2.34. The van der Waals surface area contributed by atoms with Gasteiger partial charge in [-0.05, 0) is 12.8 Å². The Morgan fingerprint density at radius 2 is 2.36 bits per heavy atom. The quantitative estimate of drug-likeness (QED) is 0.408. The highest BCUT2D eigenvalue weighted by atomic mass is 35.5. The SMILES string of the molecule is C=C1CCC(F)C(Cl)C1C#N. The summed E-state index contributed by atoms with van der Waals surface area (Å²) < 4.78 is 12.9. The second kappa shape index (κ2) is 3.23. The molecular weight excluding hydrogens is 165 g/mol. The average molecular weight is 174 g/mol. The van der Waals surface area contributed by atoms with Crippen LogP contribution in [0.4, 0.5) is 4.39 Å². The topological polar surface area (TPSA) is 23.8 Å². The van der Waals surface area contributed by atoms with Crippen LogP contribution in [-0.4, -0.2) is 11.5 Å². The van der Waals surface area contributed by atoms with Crippen LogP contribution in [0.5, 0.6) is 0 Å². The first-order valence-corrected chi connectivity index (χ1v) is 3.96. The second-order valence-corrected chi connectivity index (χ2v) is 3.27. The minimum absolute atomic E-state index is 0.408. The molecule has 0 aromatic carbocycles. The molecule has 3 atom stereocenters. The molecule has 0 aromatic heterocycles. The van der Waals surface area contributed by atoms with Crippen molar-refractivity contribution in [1.82, 2.24) is 0 Å². The Kier molecular flexibility index (Phi) is 2.51. The molecule has 0 bridgehead atoms. The van der Waals surface area contributed by atoms with Gasteiger partial charge in [-0.2, -0.15) is 5.26 Å². The van der Waals surface area contributed by atoms with Crippen LogP contribution in [0.15, 0.2) is 12.2 Å². The van der Waals surface area contributed by atoms with Crippen molar-refractivity contribution < 1.29 is 4.39 Å². The molecule has 0 saturated heterocycles. The lowest BCUT2D eigenvalue weighted by atomic mass is 9.85. The smallest absolute Gasteiger partial charge is 0.118 e. The third-order valence-corrected chi connectivity index (χ3v) is 2.51. The predicted octanol–water partition coefficient (Wildman–Crippen LogP) is 2.42. The van der Waals surface area contributed by atoms with E-state index < -0.39 is 17.5 Å². The van der Waals surface area contributed by atoms with E-state index in [0.29, 0.717) is 12.8 Å². The molecule has 0 aliphatic heterocycles. The molecule has 60 valence electrons. The number of hydrogen-bond donors (Lipinski definition) is 0. The van der Waals surface area contributed by atoms with Crippen molar-refractivity contribution in [3.8, 4) is 6.07 Å². The molecule has 1 saturated carbocycles. The maximum absolute atomic E-state index is 12.9. The molecule has 3 heteroatoms. The maximum atomic E-state index is 12.9. The maximum Gasteiger partial charge on any atom is 0.118 e. The van der Waals surface area contributed by atoms with Crippen LogP contribution in [-0.2, 0) is 0 Å². The molecule has 0 N–H and O–H groups in total. The molecule has 1 fully saturated rings. The Balaban J connectivity index is 2.73. The van der Waals surface area contributed by atoms with Gasteiger partial charge in [-0.25, -0.2) is 4.39 Å². The minimum atomic E-state index is -1.05. The van der Waals surface area contributed by atoms with Crippen LogP contribution in [0.1, 0.15) is 12.8 Å². The number of alkyl halides is 2. The lowest BCUT2D eigenvalue weighted by molar-refractivity contribution is 0.262. The van der Waals surface area contributed by atoms with E-state index in [1.54, 1.807) is 0 Å². The molecule has 0 heterocycles. The summed E-state index contributed by atoms with van der Waals surface area (Å²) >= 11 is 5.67. The third-order valence-electron chi connectivity index (χ3n) is 1.98. The van der Waals surface area contributed by atoms with Crippen LogP contribution < -0.4 is 0 Å². The number of rotatable bonds is 0. The van der Waals surface area contributed by atoms with Gasteiger partial charge in [-0.1, -0.05) is 12.2 Å². The molecule has 3 unspecified atom stereocenters. The largest absolute Gasteiger partial charge is 0.246 e. The van der Waals surface area contributed by atoms with Gasteiger partial charge in [0.05, 0.1) is 17.4 Å². The van der Waals surface area contributed by atoms with Crippen LogP contribution in [0.3, 0.4) is 0 Å². The van der Waals surface area contributed by atoms with Crippen LogP contribution in [0.2, 0.25) is 0 Å². The normalized spacial score (nSPS) is 38.3. The summed E-state index contributed by atoms with van der Waals surface area (Å²) in [4.78, 5) is 0. The highest BCUT2D eigenvalue weighted by molar-refractivity contribution is 6.21.